The second kappa shape index (κ2) is 6.16. The van der Waals surface area contributed by atoms with Crippen molar-refractivity contribution in [3.05, 3.63) is 58.1 Å². The van der Waals surface area contributed by atoms with Gasteiger partial charge in [0.2, 0.25) is 11.9 Å². The maximum Gasteiger partial charge on any atom is 0.230 e. The Balaban J connectivity index is 1.47. The van der Waals surface area contributed by atoms with Crippen LogP contribution in [-0.4, -0.2) is 23.1 Å². The van der Waals surface area contributed by atoms with Crippen LogP contribution in [0.4, 0.5) is 10.1 Å². The highest BCUT2D eigenvalue weighted by atomic mass is 35.5. The quantitative estimate of drug-likeness (QED) is 0.761. The molecular weight excluding hydrogens is 390 g/mol. The molecule has 27 heavy (non-hydrogen) atoms. The fourth-order valence-electron chi connectivity index (χ4n) is 5.12. The Labute approximate surface area is 166 Å². The van der Waals surface area contributed by atoms with Crippen molar-refractivity contribution in [2.75, 3.05) is 5.32 Å². The first-order valence-corrected chi connectivity index (χ1v) is 9.74. The molecule has 3 fully saturated rings. The van der Waals surface area contributed by atoms with E-state index in [0.717, 1.165) is 5.56 Å². The van der Waals surface area contributed by atoms with Gasteiger partial charge in [0.1, 0.15) is 0 Å². The zero-order valence-corrected chi connectivity index (χ0v) is 15.9. The third-order valence-electron chi connectivity index (χ3n) is 6.31. The fourth-order valence-corrected chi connectivity index (χ4v) is 5.41. The van der Waals surface area contributed by atoms with E-state index in [2.05, 4.69) is 17.2 Å². The van der Waals surface area contributed by atoms with E-state index in [-0.39, 0.29) is 30.0 Å². The van der Waals surface area contributed by atoms with E-state index in [1.807, 2.05) is 0 Å². The molecule has 5 rings (SSSR count). The summed E-state index contributed by atoms with van der Waals surface area (Å²) in [6.45, 7) is 2.20. The molecule has 3 unspecified atom stereocenters. The first kappa shape index (κ1) is 17.4. The third kappa shape index (κ3) is 2.67. The monoisotopic (exact) mass is 406 g/mol. The number of carbonyl (C=O) groups is 1. The number of nitrogens with zero attached hydrogens (tertiary/aromatic N) is 1. The van der Waals surface area contributed by atoms with Gasteiger partial charge in [-0.25, -0.2) is 4.98 Å². The molecule has 0 radical (unpaired) electrons. The molecular formula is C20H17Cl2FN2O2. The van der Waals surface area contributed by atoms with Crippen molar-refractivity contribution < 1.29 is 13.9 Å². The van der Waals surface area contributed by atoms with E-state index in [1.165, 1.54) is 12.3 Å². The van der Waals surface area contributed by atoms with E-state index in [4.69, 9.17) is 27.9 Å². The number of amides is 1. The summed E-state index contributed by atoms with van der Waals surface area (Å²) in [5.74, 6) is 0.150. The molecule has 1 amide bonds. The normalized spacial score (nSPS) is 35.8. The van der Waals surface area contributed by atoms with Crippen LogP contribution < -0.4 is 5.32 Å². The Morgan fingerprint density at radius 2 is 1.93 bits per heavy atom. The molecule has 2 bridgehead atoms. The zero-order chi connectivity index (χ0) is 18.9. The SMILES string of the molecule is CC1C2C1[C@@H]1O[C@H]2[C@@H](C(=O)Nc2ccc(Cl)c(Cl)c2)[C@H]1c1ccnc(F)c1. The second-order valence-corrected chi connectivity index (χ2v) is 8.48. The number of hydrogen-bond donors (Lipinski definition) is 1. The van der Waals surface area contributed by atoms with Crippen molar-refractivity contribution >= 4 is 34.8 Å². The Morgan fingerprint density at radius 3 is 2.67 bits per heavy atom. The molecule has 2 saturated heterocycles. The minimum Gasteiger partial charge on any atom is -0.373 e. The van der Waals surface area contributed by atoms with Crippen LogP contribution in [0.15, 0.2) is 36.5 Å². The molecule has 0 spiro atoms. The Morgan fingerprint density at radius 1 is 1.15 bits per heavy atom. The molecule has 1 aromatic carbocycles. The van der Waals surface area contributed by atoms with Gasteiger partial charge in [0.15, 0.2) is 0 Å². The van der Waals surface area contributed by atoms with E-state index < -0.39 is 5.95 Å². The van der Waals surface area contributed by atoms with Crippen LogP contribution in [0.5, 0.6) is 0 Å². The first-order valence-electron chi connectivity index (χ1n) is 8.98. The number of nitrogens with one attached hydrogen (secondary N) is 1. The van der Waals surface area contributed by atoms with Crippen molar-refractivity contribution in [2.45, 2.75) is 25.0 Å². The molecule has 1 saturated carbocycles. The summed E-state index contributed by atoms with van der Waals surface area (Å²) in [6.07, 6.45) is 1.25. The number of fused-ring (bicyclic) bond motifs is 5. The van der Waals surface area contributed by atoms with Gasteiger partial charge in [-0.05, 0) is 53.6 Å². The molecule has 1 aromatic heterocycles. The van der Waals surface area contributed by atoms with Gasteiger partial charge in [-0.2, -0.15) is 4.39 Å². The minimum atomic E-state index is -0.542. The predicted molar refractivity (Wildman–Crippen MR) is 100 cm³/mol. The molecule has 4 nitrogen and oxygen atoms in total. The maximum absolute atomic E-state index is 13.7. The molecule has 7 heteroatoms. The first-order chi connectivity index (χ1) is 13.0. The average Bonchev–Trinajstić information content (AvgIpc) is 3.01. The fraction of sp³-hybridized carbons (Fsp3) is 0.400. The van der Waals surface area contributed by atoms with E-state index in [9.17, 15) is 9.18 Å². The van der Waals surface area contributed by atoms with Gasteiger partial charge in [-0.1, -0.05) is 30.1 Å². The number of carbonyl (C=O) groups excluding carboxylic acids is 1. The Kier molecular flexibility index (Phi) is 3.97. The lowest BCUT2D eigenvalue weighted by atomic mass is 9.75. The number of aromatic nitrogens is 1. The maximum atomic E-state index is 13.7. The minimum absolute atomic E-state index is 0.0543. The number of rotatable bonds is 3. The topological polar surface area (TPSA) is 51.2 Å². The van der Waals surface area contributed by atoms with E-state index >= 15 is 0 Å². The van der Waals surface area contributed by atoms with Crippen LogP contribution in [0.25, 0.3) is 0 Å². The van der Waals surface area contributed by atoms with Crippen LogP contribution in [0, 0.1) is 29.6 Å². The number of halogens is 3. The average molecular weight is 407 g/mol. The van der Waals surface area contributed by atoms with Crippen molar-refractivity contribution in [3.63, 3.8) is 0 Å². The number of ether oxygens (including phenoxy) is 1. The Bertz CT molecular complexity index is 940. The highest BCUT2D eigenvalue weighted by Crippen LogP contribution is 2.68. The van der Waals surface area contributed by atoms with Crippen molar-refractivity contribution in [3.8, 4) is 0 Å². The molecule has 3 heterocycles. The van der Waals surface area contributed by atoms with Crippen LogP contribution in [0.1, 0.15) is 18.4 Å². The van der Waals surface area contributed by atoms with Gasteiger partial charge < -0.3 is 10.1 Å². The predicted octanol–water partition coefficient (Wildman–Crippen LogP) is 4.53. The van der Waals surface area contributed by atoms with E-state index in [1.54, 1.807) is 24.3 Å². The van der Waals surface area contributed by atoms with Crippen LogP contribution >= 0.6 is 23.2 Å². The second-order valence-electron chi connectivity index (χ2n) is 7.66. The van der Waals surface area contributed by atoms with Crippen molar-refractivity contribution in [1.82, 2.24) is 4.98 Å². The van der Waals surface area contributed by atoms with Crippen LogP contribution in [-0.2, 0) is 9.53 Å². The summed E-state index contributed by atoms with van der Waals surface area (Å²) < 4.78 is 19.9. The zero-order valence-electron chi connectivity index (χ0n) is 14.4. The molecule has 2 aromatic rings. The third-order valence-corrected chi connectivity index (χ3v) is 7.05. The van der Waals surface area contributed by atoms with E-state index in [0.29, 0.717) is 33.5 Å². The smallest absolute Gasteiger partial charge is 0.230 e. The molecule has 2 aliphatic heterocycles. The standard InChI is InChI=1S/C20H17Cl2FN2O2/c1-8-14-15(8)19-17(20(26)25-10-2-3-11(21)12(22)7-10)16(18(14)27-19)9-4-5-24-13(23)6-9/h2-8,14-19H,1H3,(H,25,26)/t8?,14?,15?,16-,17+,18+,19-/m1/s1. The number of benzene rings is 1. The summed E-state index contributed by atoms with van der Waals surface area (Å²) in [4.78, 5) is 16.8. The Hall–Kier alpha value is -1.69. The van der Waals surface area contributed by atoms with Gasteiger partial charge >= 0.3 is 0 Å². The molecule has 140 valence electrons. The van der Waals surface area contributed by atoms with Gasteiger partial charge in [0, 0.05) is 17.8 Å². The highest BCUT2D eigenvalue weighted by Gasteiger charge is 2.72. The van der Waals surface area contributed by atoms with Gasteiger partial charge in [0.05, 0.1) is 28.2 Å². The molecule has 1 aliphatic carbocycles. The van der Waals surface area contributed by atoms with Crippen molar-refractivity contribution in [2.24, 2.45) is 23.7 Å². The summed E-state index contributed by atoms with van der Waals surface area (Å²) in [5.41, 5.74) is 1.35. The van der Waals surface area contributed by atoms with Gasteiger partial charge in [0.25, 0.3) is 0 Å². The molecule has 1 N–H and O–H groups in total. The molecule has 3 aliphatic rings. The summed E-state index contributed by atoms with van der Waals surface area (Å²) >= 11 is 12.0. The lowest BCUT2D eigenvalue weighted by Gasteiger charge is -2.27. The number of hydrogen-bond acceptors (Lipinski definition) is 3. The molecule has 7 atom stereocenters. The lowest BCUT2D eigenvalue weighted by Crippen LogP contribution is -2.37. The van der Waals surface area contributed by atoms with Gasteiger partial charge in [-0.15, -0.1) is 0 Å². The lowest BCUT2D eigenvalue weighted by molar-refractivity contribution is -0.122. The number of anilines is 1. The summed E-state index contributed by atoms with van der Waals surface area (Å²) in [7, 11) is 0. The van der Waals surface area contributed by atoms with Gasteiger partial charge in [-0.3, -0.25) is 4.79 Å². The van der Waals surface area contributed by atoms with Crippen LogP contribution in [0.3, 0.4) is 0 Å². The highest BCUT2D eigenvalue weighted by molar-refractivity contribution is 6.42. The number of pyridine rings is 1. The summed E-state index contributed by atoms with van der Waals surface area (Å²) in [6, 6.07) is 8.17. The van der Waals surface area contributed by atoms with Crippen molar-refractivity contribution in [1.29, 1.82) is 0 Å². The summed E-state index contributed by atoms with van der Waals surface area (Å²) in [5, 5.41) is 3.74. The van der Waals surface area contributed by atoms with Crippen LogP contribution in [0.2, 0.25) is 10.0 Å². The largest absolute Gasteiger partial charge is 0.373 e.